The smallest absolute Gasteiger partial charge is 0.333 e. The summed E-state index contributed by atoms with van der Waals surface area (Å²) in [5.74, 6) is 1.67. The molecule has 140 valence electrons. The molecule has 2 aromatic rings. The number of carbonyl (C=O) groups is 1. The molecule has 0 N–H and O–H groups in total. The van der Waals surface area contributed by atoms with Gasteiger partial charge in [-0.15, -0.1) is 0 Å². The summed E-state index contributed by atoms with van der Waals surface area (Å²) in [6.45, 7) is -0.550. The zero-order valence-corrected chi connectivity index (χ0v) is 14.6. The van der Waals surface area contributed by atoms with Crippen LogP contribution in [-0.4, -0.2) is 43.2 Å². The summed E-state index contributed by atoms with van der Waals surface area (Å²) in [7, 11) is 0. The van der Waals surface area contributed by atoms with Crippen molar-refractivity contribution >= 4 is 5.91 Å². The third kappa shape index (κ3) is 3.37. The molecule has 26 heavy (non-hydrogen) atoms. The lowest BCUT2D eigenvalue weighted by Gasteiger charge is -2.33. The molecule has 1 amide bonds. The summed E-state index contributed by atoms with van der Waals surface area (Å²) < 4.78 is 28.1. The fraction of sp³-hybridized carbons (Fsp3) is 0.611. The summed E-state index contributed by atoms with van der Waals surface area (Å²) in [4.78, 5) is 18.9. The molecule has 0 unspecified atom stereocenters. The van der Waals surface area contributed by atoms with E-state index in [1.54, 1.807) is 4.90 Å². The monoisotopic (exact) mass is 363 g/mol. The van der Waals surface area contributed by atoms with E-state index in [4.69, 9.17) is 0 Å². The number of halogens is 2. The highest BCUT2D eigenvalue weighted by Gasteiger charge is 2.30. The van der Waals surface area contributed by atoms with Gasteiger partial charge in [0.05, 0.1) is 0 Å². The van der Waals surface area contributed by atoms with Gasteiger partial charge in [-0.25, -0.2) is 9.67 Å². The van der Waals surface area contributed by atoms with Crippen molar-refractivity contribution < 1.29 is 13.6 Å². The quantitative estimate of drug-likeness (QED) is 0.819. The SMILES string of the molecule is O=C(c1ccn(C(F)F)n1)N1CCC[C@H](c2nccn2CC2CCC2)C1. The maximum atomic E-state index is 12.7. The Kier molecular flexibility index (Phi) is 4.74. The maximum absolute atomic E-state index is 12.7. The van der Waals surface area contributed by atoms with Gasteiger partial charge < -0.3 is 9.47 Å². The van der Waals surface area contributed by atoms with Crippen LogP contribution in [-0.2, 0) is 6.54 Å². The van der Waals surface area contributed by atoms with Gasteiger partial charge >= 0.3 is 6.55 Å². The Labute approximate surface area is 150 Å². The second-order valence-electron chi connectivity index (χ2n) is 7.28. The van der Waals surface area contributed by atoms with E-state index in [1.807, 2.05) is 12.4 Å². The highest BCUT2D eigenvalue weighted by Crippen LogP contribution is 2.31. The second-order valence-corrected chi connectivity index (χ2v) is 7.28. The minimum Gasteiger partial charge on any atom is -0.337 e. The van der Waals surface area contributed by atoms with E-state index in [0.29, 0.717) is 17.8 Å². The van der Waals surface area contributed by atoms with Crippen LogP contribution in [0.3, 0.4) is 0 Å². The number of aromatic nitrogens is 4. The van der Waals surface area contributed by atoms with Gasteiger partial charge in [0, 0.05) is 44.1 Å². The van der Waals surface area contributed by atoms with E-state index in [1.165, 1.54) is 25.3 Å². The topological polar surface area (TPSA) is 56.0 Å². The van der Waals surface area contributed by atoms with E-state index in [0.717, 1.165) is 37.3 Å². The number of nitrogens with zero attached hydrogens (tertiary/aromatic N) is 5. The third-order valence-electron chi connectivity index (χ3n) is 5.53. The summed E-state index contributed by atoms with van der Waals surface area (Å²) in [5, 5.41) is 3.70. The average molecular weight is 363 g/mol. The Morgan fingerprint density at radius 3 is 2.77 bits per heavy atom. The van der Waals surface area contributed by atoms with E-state index < -0.39 is 6.55 Å². The van der Waals surface area contributed by atoms with Crippen LogP contribution in [0.15, 0.2) is 24.7 Å². The summed E-state index contributed by atoms with van der Waals surface area (Å²) >= 11 is 0. The van der Waals surface area contributed by atoms with Crippen molar-refractivity contribution in [2.75, 3.05) is 13.1 Å². The molecule has 1 aliphatic carbocycles. The van der Waals surface area contributed by atoms with E-state index in [2.05, 4.69) is 14.6 Å². The lowest BCUT2D eigenvalue weighted by atomic mass is 9.85. The average Bonchev–Trinajstić information content (AvgIpc) is 3.27. The molecule has 1 saturated heterocycles. The molecule has 2 aliphatic rings. The van der Waals surface area contributed by atoms with Crippen LogP contribution in [0.1, 0.15) is 60.9 Å². The fourth-order valence-electron chi connectivity index (χ4n) is 3.88. The number of hydrogen-bond acceptors (Lipinski definition) is 3. The Morgan fingerprint density at radius 2 is 2.08 bits per heavy atom. The van der Waals surface area contributed by atoms with Crippen molar-refractivity contribution in [2.24, 2.45) is 5.92 Å². The van der Waals surface area contributed by atoms with Crippen molar-refractivity contribution in [3.63, 3.8) is 0 Å². The van der Waals surface area contributed by atoms with Gasteiger partial charge in [-0.3, -0.25) is 4.79 Å². The Balaban J connectivity index is 1.45. The molecule has 0 radical (unpaired) electrons. The van der Waals surface area contributed by atoms with Crippen LogP contribution >= 0.6 is 0 Å². The molecule has 8 heteroatoms. The number of alkyl halides is 2. The van der Waals surface area contributed by atoms with Crippen molar-refractivity contribution in [2.45, 2.75) is 51.1 Å². The zero-order valence-electron chi connectivity index (χ0n) is 14.6. The Morgan fingerprint density at radius 1 is 1.23 bits per heavy atom. The van der Waals surface area contributed by atoms with Gasteiger partial charge in [0.25, 0.3) is 5.91 Å². The van der Waals surface area contributed by atoms with Crippen molar-refractivity contribution in [1.29, 1.82) is 0 Å². The van der Waals surface area contributed by atoms with Gasteiger partial charge in [-0.2, -0.15) is 13.9 Å². The first-order chi connectivity index (χ1) is 12.6. The molecule has 4 rings (SSSR count). The predicted molar refractivity (Wildman–Crippen MR) is 90.9 cm³/mol. The van der Waals surface area contributed by atoms with Crippen molar-refractivity contribution in [3.8, 4) is 0 Å². The number of rotatable bonds is 5. The van der Waals surface area contributed by atoms with E-state index >= 15 is 0 Å². The van der Waals surface area contributed by atoms with Crippen molar-refractivity contribution in [3.05, 3.63) is 36.2 Å². The molecule has 6 nitrogen and oxygen atoms in total. The predicted octanol–water partition coefficient (Wildman–Crippen LogP) is 3.29. The van der Waals surface area contributed by atoms with Crippen molar-refractivity contribution in [1.82, 2.24) is 24.2 Å². The maximum Gasteiger partial charge on any atom is 0.333 e. The van der Waals surface area contributed by atoms with Crippen LogP contribution in [0, 0.1) is 5.92 Å². The minimum absolute atomic E-state index is 0.0729. The first-order valence-electron chi connectivity index (χ1n) is 9.25. The van der Waals surface area contributed by atoms with Gasteiger partial charge in [0.1, 0.15) is 5.82 Å². The molecule has 1 saturated carbocycles. The van der Waals surface area contributed by atoms with Gasteiger partial charge in [0.2, 0.25) is 0 Å². The third-order valence-corrected chi connectivity index (χ3v) is 5.53. The van der Waals surface area contributed by atoms with E-state index in [9.17, 15) is 13.6 Å². The fourth-order valence-corrected chi connectivity index (χ4v) is 3.88. The molecule has 3 heterocycles. The zero-order chi connectivity index (χ0) is 18.1. The molecular formula is C18H23F2N5O. The molecule has 0 spiro atoms. The first-order valence-corrected chi connectivity index (χ1v) is 9.25. The molecule has 0 bridgehead atoms. The lowest BCUT2D eigenvalue weighted by molar-refractivity contribution is 0.0546. The van der Waals surface area contributed by atoms with E-state index in [-0.39, 0.29) is 17.5 Å². The normalized spacial score (nSPS) is 21.2. The largest absolute Gasteiger partial charge is 0.337 e. The van der Waals surface area contributed by atoms with Gasteiger partial charge in [-0.1, -0.05) is 6.42 Å². The lowest BCUT2D eigenvalue weighted by Crippen LogP contribution is -2.40. The first kappa shape index (κ1) is 17.2. The number of hydrogen-bond donors (Lipinski definition) is 0. The van der Waals surface area contributed by atoms with Crippen LogP contribution in [0.2, 0.25) is 0 Å². The number of imidazole rings is 1. The van der Waals surface area contributed by atoms with Crippen LogP contribution < -0.4 is 0 Å². The van der Waals surface area contributed by atoms with Gasteiger partial charge in [0.15, 0.2) is 5.69 Å². The summed E-state index contributed by atoms with van der Waals surface area (Å²) in [5.41, 5.74) is 0.0729. The molecule has 2 aromatic heterocycles. The number of piperidine rings is 1. The summed E-state index contributed by atoms with van der Waals surface area (Å²) in [6.07, 6.45) is 10.7. The molecule has 0 aromatic carbocycles. The molecule has 2 fully saturated rings. The number of amides is 1. The number of likely N-dealkylation sites (tertiary alicyclic amines) is 1. The minimum atomic E-state index is -2.73. The second kappa shape index (κ2) is 7.17. The molecule has 1 aliphatic heterocycles. The van der Waals surface area contributed by atoms with Crippen LogP contribution in [0.5, 0.6) is 0 Å². The van der Waals surface area contributed by atoms with Gasteiger partial charge in [-0.05, 0) is 37.7 Å². The Hall–Kier alpha value is -2.25. The molecular weight excluding hydrogens is 340 g/mol. The van der Waals surface area contributed by atoms with Crippen LogP contribution in [0.25, 0.3) is 0 Å². The standard InChI is InChI=1S/C18H23F2N5O/c19-18(20)25-9-6-15(22-25)17(26)24-8-2-5-14(12-24)16-21-7-10-23(16)11-13-3-1-4-13/h6-7,9-10,13-14,18H,1-5,8,11-12H2/t14-/m0/s1. The highest BCUT2D eigenvalue weighted by atomic mass is 19.3. The summed E-state index contributed by atoms with van der Waals surface area (Å²) in [6, 6.07) is 1.36. The Bertz CT molecular complexity index is 767. The molecule has 1 atom stereocenters. The van der Waals surface area contributed by atoms with Crippen LogP contribution in [0.4, 0.5) is 8.78 Å². The highest BCUT2D eigenvalue weighted by molar-refractivity contribution is 5.92. The number of carbonyl (C=O) groups excluding carboxylic acids is 1.